The molecular weight excluding hydrogens is 230 g/mol. The Morgan fingerprint density at radius 3 is 2.56 bits per heavy atom. The number of carbonyl (C=O) groups is 1. The van der Waals surface area contributed by atoms with Crippen molar-refractivity contribution in [1.82, 2.24) is 0 Å². The number of hydrogen-bond acceptors (Lipinski definition) is 5. The van der Waals surface area contributed by atoms with E-state index in [1.807, 2.05) is 0 Å². The molecule has 0 atom stereocenters. The highest BCUT2D eigenvalue weighted by molar-refractivity contribution is 8.13. The van der Waals surface area contributed by atoms with Crippen LogP contribution in [0.1, 0.15) is 6.92 Å². The fourth-order valence-corrected chi connectivity index (χ4v) is 1.46. The number of rotatable bonds is 5. The highest BCUT2D eigenvalue weighted by Gasteiger charge is 2.04. The summed E-state index contributed by atoms with van der Waals surface area (Å²) in [6, 6.07) is 5.84. The van der Waals surface area contributed by atoms with E-state index in [0.717, 1.165) is 0 Å². The first-order valence-electron chi connectivity index (χ1n) is 4.60. The van der Waals surface area contributed by atoms with Gasteiger partial charge in [0.1, 0.15) is 5.75 Å². The number of thioether (sulfide) groups is 1. The molecule has 0 spiro atoms. The lowest BCUT2D eigenvalue weighted by molar-refractivity contribution is -0.384. The maximum Gasteiger partial charge on any atom is 0.269 e. The van der Waals surface area contributed by atoms with Crippen molar-refractivity contribution in [2.75, 3.05) is 12.4 Å². The molecule has 0 heterocycles. The number of nitrogens with zero attached hydrogens (tertiary/aromatic N) is 1. The van der Waals surface area contributed by atoms with Crippen molar-refractivity contribution in [3.8, 4) is 5.75 Å². The van der Waals surface area contributed by atoms with Gasteiger partial charge in [0.15, 0.2) is 5.12 Å². The third-order valence-electron chi connectivity index (χ3n) is 1.70. The van der Waals surface area contributed by atoms with E-state index in [9.17, 15) is 14.9 Å². The Labute approximate surface area is 96.9 Å². The minimum atomic E-state index is -0.463. The predicted octanol–water partition coefficient (Wildman–Crippen LogP) is 2.25. The maximum atomic E-state index is 10.6. The van der Waals surface area contributed by atoms with E-state index in [4.69, 9.17) is 4.74 Å². The first-order valence-corrected chi connectivity index (χ1v) is 5.59. The molecule has 0 bridgehead atoms. The molecule has 0 saturated carbocycles. The Balaban J connectivity index is 2.38. The van der Waals surface area contributed by atoms with Gasteiger partial charge in [-0.25, -0.2) is 0 Å². The highest BCUT2D eigenvalue weighted by Crippen LogP contribution is 2.17. The molecule has 0 saturated heterocycles. The van der Waals surface area contributed by atoms with Crippen LogP contribution in [0.3, 0.4) is 0 Å². The van der Waals surface area contributed by atoms with E-state index in [2.05, 4.69) is 0 Å². The van der Waals surface area contributed by atoms with E-state index in [-0.39, 0.29) is 10.8 Å². The van der Waals surface area contributed by atoms with Crippen LogP contribution in [0.25, 0.3) is 0 Å². The van der Waals surface area contributed by atoms with Crippen LogP contribution in [0.5, 0.6) is 5.75 Å². The Morgan fingerprint density at radius 2 is 2.06 bits per heavy atom. The molecule has 1 rings (SSSR count). The van der Waals surface area contributed by atoms with Crippen LogP contribution in [0.15, 0.2) is 24.3 Å². The van der Waals surface area contributed by atoms with Crippen LogP contribution in [0.2, 0.25) is 0 Å². The van der Waals surface area contributed by atoms with Gasteiger partial charge in [-0.15, -0.1) is 0 Å². The molecule has 6 heteroatoms. The minimum Gasteiger partial charge on any atom is -0.493 e. The van der Waals surface area contributed by atoms with Crippen LogP contribution >= 0.6 is 11.8 Å². The SMILES string of the molecule is CC(=O)SCCOc1ccc([N+](=O)[O-])cc1. The second kappa shape index (κ2) is 6.12. The zero-order valence-corrected chi connectivity index (χ0v) is 9.53. The summed E-state index contributed by atoms with van der Waals surface area (Å²) in [6.07, 6.45) is 0. The minimum absolute atomic E-state index is 0.0328. The van der Waals surface area contributed by atoms with Gasteiger partial charge >= 0.3 is 0 Å². The number of nitro groups is 1. The Morgan fingerprint density at radius 1 is 1.44 bits per heavy atom. The number of carbonyl (C=O) groups excluding carboxylic acids is 1. The van der Waals surface area contributed by atoms with Gasteiger partial charge in [0, 0.05) is 24.8 Å². The van der Waals surface area contributed by atoms with Crippen molar-refractivity contribution >= 4 is 22.6 Å². The predicted molar refractivity (Wildman–Crippen MR) is 61.7 cm³/mol. The fraction of sp³-hybridized carbons (Fsp3) is 0.300. The van der Waals surface area contributed by atoms with Gasteiger partial charge < -0.3 is 4.74 Å². The average molecular weight is 241 g/mol. The van der Waals surface area contributed by atoms with E-state index >= 15 is 0 Å². The molecule has 0 aromatic heterocycles. The monoisotopic (exact) mass is 241 g/mol. The Bertz CT molecular complexity index is 377. The summed E-state index contributed by atoms with van der Waals surface area (Å²) in [5, 5.41) is 10.4. The molecule has 0 aliphatic carbocycles. The zero-order chi connectivity index (χ0) is 12.0. The van der Waals surface area contributed by atoms with Crippen molar-refractivity contribution in [2.45, 2.75) is 6.92 Å². The number of ether oxygens (including phenoxy) is 1. The van der Waals surface area contributed by atoms with Crippen molar-refractivity contribution < 1.29 is 14.5 Å². The fourth-order valence-electron chi connectivity index (χ4n) is 1.01. The van der Waals surface area contributed by atoms with E-state index in [1.165, 1.54) is 43.0 Å². The summed E-state index contributed by atoms with van der Waals surface area (Å²) < 4.78 is 5.30. The van der Waals surface area contributed by atoms with Crippen LogP contribution < -0.4 is 4.74 Å². The van der Waals surface area contributed by atoms with Crippen molar-refractivity contribution in [2.24, 2.45) is 0 Å². The molecule has 5 nitrogen and oxygen atoms in total. The largest absolute Gasteiger partial charge is 0.493 e. The Kier molecular flexibility index (Phi) is 4.78. The smallest absolute Gasteiger partial charge is 0.269 e. The lowest BCUT2D eigenvalue weighted by Crippen LogP contribution is -2.01. The number of hydrogen-bond donors (Lipinski definition) is 0. The van der Waals surface area contributed by atoms with Gasteiger partial charge in [0.05, 0.1) is 11.5 Å². The molecule has 0 N–H and O–H groups in total. The average Bonchev–Trinajstić information content (AvgIpc) is 2.25. The molecule has 0 unspecified atom stereocenters. The van der Waals surface area contributed by atoms with Gasteiger partial charge in [-0.05, 0) is 12.1 Å². The highest BCUT2D eigenvalue weighted by atomic mass is 32.2. The summed E-state index contributed by atoms with van der Waals surface area (Å²) in [5.41, 5.74) is 0.0328. The molecule has 0 amide bonds. The Hall–Kier alpha value is -1.56. The van der Waals surface area contributed by atoms with Gasteiger partial charge in [-0.1, -0.05) is 11.8 Å². The maximum absolute atomic E-state index is 10.6. The summed E-state index contributed by atoms with van der Waals surface area (Å²) >= 11 is 1.19. The molecule has 0 aliphatic heterocycles. The van der Waals surface area contributed by atoms with Crippen molar-refractivity contribution in [1.29, 1.82) is 0 Å². The van der Waals surface area contributed by atoms with E-state index < -0.39 is 4.92 Å². The van der Waals surface area contributed by atoms with Gasteiger partial charge in [-0.3, -0.25) is 14.9 Å². The van der Waals surface area contributed by atoms with Gasteiger partial charge in [-0.2, -0.15) is 0 Å². The summed E-state index contributed by atoms with van der Waals surface area (Å²) in [5.74, 6) is 1.14. The number of nitro benzene ring substituents is 1. The standard InChI is InChI=1S/C10H11NO4S/c1-8(12)16-7-6-15-10-4-2-9(3-5-10)11(13)14/h2-5H,6-7H2,1H3. The molecule has 1 aromatic rings. The third-order valence-corrected chi connectivity index (χ3v) is 2.48. The molecular formula is C10H11NO4S. The second-order valence-electron chi connectivity index (χ2n) is 2.94. The normalized spacial score (nSPS) is 9.81. The molecule has 1 aromatic carbocycles. The third kappa shape index (κ3) is 4.31. The number of benzene rings is 1. The van der Waals surface area contributed by atoms with Gasteiger partial charge in [0.25, 0.3) is 5.69 Å². The quantitative estimate of drug-likeness (QED) is 0.449. The van der Waals surface area contributed by atoms with Crippen LogP contribution in [-0.4, -0.2) is 22.4 Å². The van der Waals surface area contributed by atoms with Crippen LogP contribution in [-0.2, 0) is 4.79 Å². The van der Waals surface area contributed by atoms with Gasteiger partial charge in [0.2, 0.25) is 0 Å². The van der Waals surface area contributed by atoms with E-state index in [1.54, 1.807) is 0 Å². The van der Waals surface area contributed by atoms with Crippen molar-refractivity contribution in [3.05, 3.63) is 34.4 Å². The number of non-ortho nitro benzene ring substituents is 1. The first-order chi connectivity index (χ1) is 7.59. The summed E-state index contributed by atoms with van der Waals surface area (Å²) in [6.45, 7) is 1.90. The summed E-state index contributed by atoms with van der Waals surface area (Å²) in [4.78, 5) is 20.5. The second-order valence-corrected chi connectivity index (χ2v) is 4.21. The van der Waals surface area contributed by atoms with Crippen molar-refractivity contribution in [3.63, 3.8) is 0 Å². The summed E-state index contributed by atoms with van der Waals surface area (Å²) in [7, 11) is 0. The molecule has 0 aliphatic rings. The van der Waals surface area contributed by atoms with Crippen LogP contribution in [0.4, 0.5) is 5.69 Å². The topological polar surface area (TPSA) is 69.4 Å². The van der Waals surface area contributed by atoms with E-state index in [0.29, 0.717) is 18.1 Å². The lowest BCUT2D eigenvalue weighted by Gasteiger charge is -2.04. The molecule has 0 radical (unpaired) electrons. The first kappa shape index (κ1) is 12.5. The molecule has 16 heavy (non-hydrogen) atoms. The molecule has 86 valence electrons. The zero-order valence-electron chi connectivity index (χ0n) is 8.71. The van der Waals surface area contributed by atoms with Crippen LogP contribution in [0, 0.1) is 10.1 Å². The lowest BCUT2D eigenvalue weighted by atomic mass is 10.3. The molecule has 0 fully saturated rings.